The minimum absolute atomic E-state index is 0.125. The smallest absolute Gasteiger partial charge is 0.316 e. The van der Waals surface area contributed by atoms with Crippen molar-refractivity contribution >= 4 is 28.6 Å². The van der Waals surface area contributed by atoms with Crippen LogP contribution in [0.15, 0.2) is 12.7 Å². The summed E-state index contributed by atoms with van der Waals surface area (Å²) in [5, 5.41) is 0. The van der Waals surface area contributed by atoms with Gasteiger partial charge in [-0.15, -0.1) is 0 Å². The Balaban J connectivity index is 2.63. The van der Waals surface area contributed by atoms with Gasteiger partial charge in [-0.2, -0.15) is 0 Å². The first-order valence-corrected chi connectivity index (χ1v) is 7.77. The number of ether oxygens (including phenoxy) is 1. The van der Waals surface area contributed by atoms with E-state index in [4.69, 9.17) is 4.74 Å². The molecule has 2 nitrogen and oxygen atoms in total. The zero-order valence-electron chi connectivity index (χ0n) is 11.1. The normalized spacial score (nSPS) is 29.8. The van der Waals surface area contributed by atoms with E-state index in [1.54, 1.807) is 0 Å². The first-order valence-electron chi connectivity index (χ1n) is 6.24. The lowest BCUT2D eigenvalue weighted by atomic mass is 9.68. The van der Waals surface area contributed by atoms with E-state index in [1.165, 1.54) is 0 Å². The Labute approximate surface area is 118 Å². The molecule has 0 heterocycles. The average Bonchev–Trinajstić information content (AvgIpc) is 2.28. The third kappa shape index (κ3) is 3.97. The summed E-state index contributed by atoms with van der Waals surface area (Å²) in [5.74, 6) is 0.591. The monoisotopic (exact) mass is 350 g/mol. The van der Waals surface area contributed by atoms with Crippen molar-refractivity contribution in [2.45, 2.75) is 52.1 Å². The van der Waals surface area contributed by atoms with Crippen molar-refractivity contribution in [1.29, 1.82) is 0 Å². The molecule has 0 atom stereocenters. The summed E-state index contributed by atoms with van der Waals surface area (Å²) in [5.41, 5.74) is -0.0510. The molecule has 0 aromatic rings. The van der Waals surface area contributed by atoms with Gasteiger partial charge in [-0.3, -0.25) is 4.79 Å². The average molecular weight is 350 g/mol. The van der Waals surface area contributed by atoms with E-state index in [1.807, 2.05) is 28.7 Å². The van der Waals surface area contributed by atoms with Gasteiger partial charge in [-0.1, -0.05) is 49.9 Å². The second-order valence-electron chi connectivity index (χ2n) is 6.02. The summed E-state index contributed by atoms with van der Waals surface area (Å²) in [7, 11) is 0. The molecule has 1 aliphatic rings. The zero-order chi connectivity index (χ0) is 13.1. The molecule has 1 fully saturated rings. The molecule has 0 N–H and O–H groups in total. The number of hydrogen-bond acceptors (Lipinski definition) is 2. The van der Waals surface area contributed by atoms with Gasteiger partial charge in [0.1, 0.15) is 5.60 Å². The van der Waals surface area contributed by atoms with E-state index < -0.39 is 5.60 Å². The lowest BCUT2D eigenvalue weighted by Crippen LogP contribution is -2.40. The van der Waals surface area contributed by atoms with E-state index in [0.717, 1.165) is 25.7 Å². The van der Waals surface area contributed by atoms with E-state index >= 15 is 0 Å². The number of esters is 1. The van der Waals surface area contributed by atoms with Gasteiger partial charge >= 0.3 is 5.97 Å². The minimum Gasteiger partial charge on any atom is -0.454 e. The fourth-order valence-electron chi connectivity index (χ4n) is 2.57. The summed E-state index contributed by atoms with van der Waals surface area (Å²) >= 11 is 2.04. The molecule has 3 heteroatoms. The maximum Gasteiger partial charge on any atom is 0.316 e. The van der Waals surface area contributed by atoms with Gasteiger partial charge in [-0.05, 0) is 43.1 Å². The number of halogens is 1. The number of rotatable bonds is 3. The van der Waals surface area contributed by atoms with Crippen molar-refractivity contribution in [3.8, 4) is 0 Å². The highest BCUT2D eigenvalue weighted by Crippen LogP contribution is 2.43. The maximum absolute atomic E-state index is 11.4. The van der Waals surface area contributed by atoms with Crippen LogP contribution in [0.3, 0.4) is 0 Å². The Morgan fingerprint density at radius 3 is 2.35 bits per heavy atom. The van der Waals surface area contributed by atoms with E-state index in [9.17, 15) is 4.79 Å². The third-order valence-electron chi connectivity index (χ3n) is 3.85. The van der Waals surface area contributed by atoms with E-state index in [2.05, 4.69) is 27.4 Å². The Kier molecular flexibility index (Phi) is 5.05. The molecule has 0 radical (unpaired) electrons. The summed E-state index contributed by atoms with van der Waals surface area (Å²) in [6.07, 6.45) is 5.89. The Hall–Kier alpha value is -0.0600. The molecule has 1 aliphatic carbocycles. The SMILES string of the molecule is C=CC1(OC(=O)CI)CCC(C(C)(C)C)CC1. The molecule has 1 saturated carbocycles. The van der Waals surface area contributed by atoms with E-state index in [-0.39, 0.29) is 5.97 Å². The quantitative estimate of drug-likeness (QED) is 0.331. The van der Waals surface area contributed by atoms with Crippen LogP contribution in [0.2, 0.25) is 0 Å². The van der Waals surface area contributed by atoms with Gasteiger partial charge in [0, 0.05) is 0 Å². The standard InChI is InChI=1S/C14H23IO2/c1-5-14(17-12(16)10-15)8-6-11(7-9-14)13(2,3)4/h5,11H,1,6-10H2,2-4H3. The van der Waals surface area contributed by atoms with Gasteiger partial charge < -0.3 is 4.74 Å². The molecule has 0 spiro atoms. The predicted molar refractivity (Wildman–Crippen MR) is 79.3 cm³/mol. The van der Waals surface area contributed by atoms with E-state index in [0.29, 0.717) is 15.8 Å². The summed E-state index contributed by atoms with van der Waals surface area (Å²) in [4.78, 5) is 11.4. The Bertz CT molecular complexity index is 283. The van der Waals surface area contributed by atoms with Crippen LogP contribution in [0.25, 0.3) is 0 Å². The summed E-state index contributed by atoms with van der Waals surface area (Å²) < 4.78 is 5.99. The summed E-state index contributed by atoms with van der Waals surface area (Å²) in [6, 6.07) is 0. The lowest BCUT2D eigenvalue weighted by molar-refractivity contribution is -0.155. The van der Waals surface area contributed by atoms with Crippen molar-refractivity contribution in [2.75, 3.05) is 4.43 Å². The maximum atomic E-state index is 11.4. The van der Waals surface area contributed by atoms with Gasteiger partial charge in [0.2, 0.25) is 0 Å². The molecule has 0 bridgehead atoms. The van der Waals surface area contributed by atoms with Crippen LogP contribution in [0, 0.1) is 11.3 Å². The first kappa shape index (κ1) is 15.0. The van der Waals surface area contributed by atoms with Crippen molar-refractivity contribution in [3.63, 3.8) is 0 Å². The van der Waals surface area contributed by atoms with Gasteiger partial charge in [0.15, 0.2) is 0 Å². The molecule has 1 rings (SSSR count). The van der Waals surface area contributed by atoms with Crippen LogP contribution < -0.4 is 0 Å². The first-order chi connectivity index (χ1) is 7.83. The molecule has 0 aromatic carbocycles. The Morgan fingerprint density at radius 2 is 2.00 bits per heavy atom. The molecule has 0 aliphatic heterocycles. The van der Waals surface area contributed by atoms with Crippen LogP contribution in [-0.4, -0.2) is 16.0 Å². The van der Waals surface area contributed by atoms with Crippen LogP contribution in [-0.2, 0) is 9.53 Å². The molecular weight excluding hydrogens is 327 g/mol. The van der Waals surface area contributed by atoms with Crippen LogP contribution in [0.4, 0.5) is 0 Å². The number of carbonyl (C=O) groups excluding carboxylic acids is 1. The van der Waals surface area contributed by atoms with Gasteiger partial charge in [-0.25, -0.2) is 0 Å². The van der Waals surface area contributed by atoms with Crippen molar-refractivity contribution < 1.29 is 9.53 Å². The van der Waals surface area contributed by atoms with Crippen LogP contribution >= 0.6 is 22.6 Å². The van der Waals surface area contributed by atoms with Gasteiger partial charge in [0.25, 0.3) is 0 Å². The second kappa shape index (κ2) is 5.72. The highest BCUT2D eigenvalue weighted by molar-refractivity contribution is 14.1. The van der Waals surface area contributed by atoms with Crippen LogP contribution in [0.5, 0.6) is 0 Å². The van der Waals surface area contributed by atoms with Crippen molar-refractivity contribution in [3.05, 3.63) is 12.7 Å². The molecule has 17 heavy (non-hydrogen) atoms. The number of hydrogen-bond donors (Lipinski definition) is 0. The fraction of sp³-hybridized carbons (Fsp3) is 0.786. The minimum atomic E-state index is -0.399. The zero-order valence-corrected chi connectivity index (χ0v) is 13.2. The molecule has 0 saturated heterocycles. The predicted octanol–water partition coefficient (Wildman–Crippen LogP) is 4.13. The molecule has 98 valence electrons. The topological polar surface area (TPSA) is 26.3 Å². The van der Waals surface area contributed by atoms with Crippen LogP contribution in [0.1, 0.15) is 46.5 Å². The van der Waals surface area contributed by atoms with Crippen molar-refractivity contribution in [2.24, 2.45) is 11.3 Å². The number of carbonyl (C=O) groups is 1. The molecular formula is C14H23IO2. The molecule has 0 unspecified atom stereocenters. The fourth-order valence-corrected chi connectivity index (χ4v) is 2.73. The molecule has 0 amide bonds. The highest BCUT2D eigenvalue weighted by atomic mass is 127. The molecule has 0 aromatic heterocycles. The largest absolute Gasteiger partial charge is 0.454 e. The third-order valence-corrected chi connectivity index (χ3v) is 4.48. The second-order valence-corrected chi connectivity index (χ2v) is 6.78. The highest BCUT2D eigenvalue weighted by Gasteiger charge is 2.39. The Morgan fingerprint density at radius 1 is 1.47 bits per heavy atom. The lowest BCUT2D eigenvalue weighted by Gasteiger charge is -2.42. The van der Waals surface area contributed by atoms with Gasteiger partial charge in [0.05, 0.1) is 4.43 Å². The number of alkyl halides is 1. The summed E-state index contributed by atoms with van der Waals surface area (Å²) in [6.45, 7) is 10.7. The van der Waals surface area contributed by atoms with Crippen molar-refractivity contribution in [1.82, 2.24) is 0 Å².